The van der Waals surface area contributed by atoms with Crippen molar-refractivity contribution in [3.8, 4) is 0 Å². The lowest BCUT2D eigenvalue weighted by atomic mass is 10.2. The van der Waals surface area contributed by atoms with Crippen LogP contribution in [-0.4, -0.2) is 23.2 Å². The Kier molecular flexibility index (Phi) is 4.32. The molecule has 0 radical (unpaired) electrons. The molecule has 0 saturated heterocycles. The maximum Gasteiger partial charge on any atom is 0.296 e. The van der Waals surface area contributed by atoms with Gasteiger partial charge in [0.2, 0.25) is 0 Å². The highest BCUT2D eigenvalue weighted by Gasteiger charge is 2.22. The molecule has 5 nitrogen and oxygen atoms in total. The molecule has 92 valence electrons. The number of halogens is 1. The van der Waals surface area contributed by atoms with Gasteiger partial charge in [0.05, 0.1) is 0 Å². The second kappa shape index (κ2) is 5.14. The molecular formula is C9H16ClN3O2S. The van der Waals surface area contributed by atoms with Gasteiger partial charge in [-0.3, -0.25) is 0 Å². The zero-order valence-corrected chi connectivity index (χ0v) is 11.2. The zero-order valence-electron chi connectivity index (χ0n) is 9.64. The van der Waals surface area contributed by atoms with Gasteiger partial charge >= 0.3 is 0 Å². The molecule has 0 aliphatic rings. The molecule has 0 spiro atoms. The van der Waals surface area contributed by atoms with Crippen LogP contribution in [0.2, 0.25) is 0 Å². The van der Waals surface area contributed by atoms with Crippen LogP contribution in [0.3, 0.4) is 0 Å². The Morgan fingerprint density at radius 3 is 2.44 bits per heavy atom. The minimum atomic E-state index is -3.82. The predicted octanol–water partition coefficient (Wildman–Crippen LogP) is 1.81. The first kappa shape index (κ1) is 13.4. The minimum Gasteiger partial charge on any atom is -0.301 e. The van der Waals surface area contributed by atoms with Crippen LogP contribution < -0.4 is 0 Å². The van der Waals surface area contributed by atoms with Gasteiger partial charge in [-0.2, -0.15) is 0 Å². The van der Waals surface area contributed by atoms with E-state index in [1.165, 1.54) is 0 Å². The van der Waals surface area contributed by atoms with Crippen molar-refractivity contribution in [2.24, 2.45) is 5.92 Å². The van der Waals surface area contributed by atoms with Gasteiger partial charge in [0, 0.05) is 23.6 Å². The van der Waals surface area contributed by atoms with E-state index in [0.29, 0.717) is 24.7 Å². The fraction of sp³-hybridized carbons (Fsp3) is 0.778. The number of nitrogens with zero attached hydrogens (tertiary/aromatic N) is 3. The van der Waals surface area contributed by atoms with E-state index < -0.39 is 9.05 Å². The van der Waals surface area contributed by atoms with Gasteiger partial charge in [0.1, 0.15) is 5.82 Å². The first-order valence-electron chi connectivity index (χ1n) is 5.23. The Hall–Kier alpha value is -0.620. The summed E-state index contributed by atoms with van der Waals surface area (Å²) in [5.41, 5.74) is 0. The lowest BCUT2D eigenvalue weighted by Crippen LogP contribution is -2.13. The maximum absolute atomic E-state index is 11.3. The minimum absolute atomic E-state index is 0.147. The predicted molar refractivity (Wildman–Crippen MR) is 61.9 cm³/mol. The second-order valence-corrected chi connectivity index (χ2v) is 6.55. The fourth-order valence-corrected chi connectivity index (χ4v) is 2.38. The molecule has 0 atom stereocenters. The summed E-state index contributed by atoms with van der Waals surface area (Å²) in [6.07, 6.45) is 1.59. The van der Waals surface area contributed by atoms with E-state index in [1.807, 2.05) is 20.8 Å². The molecule has 0 aliphatic heterocycles. The van der Waals surface area contributed by atoms with Gasteiger partial charge in [-0.15, -0.1) is 10.2 Å². The second-order valence-electron chi connectivity index (χ2n) is 4.09. The molecule has 1 rings (SSSR count). The Morgan fingerprint density at radius 2 is 2.00 bits per heavy atom. The van der Waals surface area contributed by atoms with Crippen molar-refractivity contribution in [3.63, 3.8) is 0 Å². The van der Waals surface area contributed by atoms with Crippen molar-refractivity contribution in [2.75, 3.05) is 0 Å². The summed E-state index contributed by atoms with van der Waals surface area (Å²) >= 11 is 0. The highest BCUT2D eigenvalue weighted by atomic mass is 35.7. The van der Waals surface area contributed by atoms with Gasteiger partial charge in [-0.25, -0.2) is 8.42 Å². The third kappa shape index (κ3) is 3.18. The van der Waals surface area contributed by atoms with Crippen LogP contribution in [0.4, 0.5) is 0 Å². The van der Waals surface area contributed by atoms with E-state index in [-0.39, 0.29) is 5.16 Å². The van der Waals surface area contributed by atoms with E-state index in [9.17, 15) is 8.42 Å². The first-order valence-corrected chi connectivity index (χ1v) is 7.54. The summed E-state index contributed by atoms with van der Waals surface area (Å²) in [5.74, 6) is 0.985. The quantitative estimate of drug-likeness (QED) is 0.762. The van der Waals surface area contributed by atoms with Crippen molar-refractivity contribution in [1.29, 1.82) is 0 Å². The monoisotopic (exact) mass is 265 g/mol. The molecule has 0 N–H and O–H groups in total. The Balaban J connectivity index is 3.19. The fourth-order valence-electron chi connectivity index (χ4n) is 1.46. The summed E-state index contributed by atoms with van der Waals surface area (Å²) in [7, 11) is 1.49. The first-order chi connectivity index (χ1) is 7.36. The summed E-state index contributed by atoms with van der Waals surface area (Å²) in [6, 6.07) is 0. The summed E-state index contributed by atoms with van der Waals surface area (Å²) in [5, 5.41) is 7.38. The highest BCUT2D eigenvalue weighted by Crippen LogP contribution is 2.16. The van der Waals surface area contributed by atoms with Gasteiger partial charge in [-0.1, -0.05) is 20.8 Å². The van der Waals surface area contributed by atoms with Crippen LogP contribution >= 0.6 is 10.7 Å². The van der Waals surface area contributed by atoms with Crippen molar-refractivity contribution < 1.29 is 8.42 Å². The van der Waals surface area contributed by atoms with Gasteiger partial charge in [0.15, 0.2) is 0 Å². The number of aromatic nitrogens is 3. The van der Waals surface area contributed by atoms with Crippen LogP contribution in [-0.2, 0) is 22.0 Å². The maximum atomic E-state index is 11.3. The number of hydrogen-bond donors (Lipinski definition) is 0. The largest absolute Gasteiger partial charge is 0.301 e. The molecule has 0 unspecified atom stereocenters. The highest BCUT2D eigenvalue weighted by molar-refractivity contribution is 8.13. The third-order valence-corrected chi connectivity index (χ3v) is 3.19. The van der Waals surface area contributed by atoms with Crippen LogP contribution in [0.1, 0.15) is 33.0 Å². The van der Waals surface area contributed by atoms with Crippen molar-refractivity contribution >= 4 is 19.7 Å². The van der Waals surface area contributed by atoms with Gasteiger partial charge in [-0.05, 0) is 12.3 Å². The number of rotatable bonds is 5. The van der Waals surface area contributed by atoms with Crippen molar-refractivity contribution in [1.82, 2.24) is 14.8 Å². The van der Waals surface area contributed by atoms with Crippen molar-refractivity contribution in [2.45, 2.75) is 45.3 Å². The molecule has 16 heavy (non-hydrogen) atoms. The molecule has 0 aromatic carbocycles. The molecule has 0 fully saturated rings. The van der Waals surface area contributed by atoms with Crippen molar-refractivity contribution in [3.05, 3.63) is 5.82 Å². The van der Waals surface area contributed by atoms with E-state index in [0.717, 1.165) is 6.42 Å². The van der Waals surface area contributed by atoms with Crippen LogP contribution in [0.25, 0.3) is 0 Å². The normalized spacial score (nSPS) is 12.3. The average molecular weight is 266 g/mol. The summed E-state index contributed by atoms with van der Waals surface area (Å²) in [4.78, 5) is 0. The molecule has 1 heterocycles. The molecule has 0 aliphatic carbocycles. The van der Waals surface area contributed by atoms with E-state index in [4.69, 9.17) is 10.7 Å². The molecule has 0 bridgehead atoms. The Bertz CT molecular complexity index is 453. The molecule has 0 saturated carbocycles. The molecule has 0 amide bonds. The third-order valence-electron chi connectivity index (χ3n) is 2.03. The van der Waals surface area contributed by atoms with Crippen LogP contribution in [0.5, 0.6) is 0 Å². The summed E-state index contributed by atoms with van der Waals surface area (Å²) < 4.78 is 24.2. The smallest absolute Gasteiger partial charge is 0.296 e. The number of aryl methyl sites for hydroxylation is 1. The van der Waals surface area contributed by atoms with Crippen LogP contribution in [0.15, 0.2) is 5.16 Å². The van der Waals surface area contributed by atoms with E-state index in [2.05, 4.69) is 10.2 Å². The number of hydrogen-bond acceptors (Lipinski definition) is 4. The van der Waals surface area contributed by atoms with Gasteiger partial charge < -0.3 is 4.57 Å². The molecular weight excluding hydrogens is 250 g/mol. The molecule has 1 aromatic rings. The standard InChI is InChI=1S/C9H16ClN3O2S/c1-4-5-8-11-12-9(16(10,14)15)13(8)6-7(2)3/h7H,4-6H2,1-3H3. The topological polar surface area (TPSA) is 64.8 Å². The lowest BCUT2D eigenvalue weighted by Gasteiger charge is -2.10. The summed E-state index contributed by atoms with van der Waals surface area (Å²) in [6.45, 7) is 6.56. The van der Waals surface area contributed by atoms with E-state index in [1.54, 1.807) is 4.57 Å². The average Bonchev–Trinajstić information content (AvgIpc) is 2.47. The zero-order chi connectivity index (χ0) is 12.3. The Labute approximate surface area is 100 Å². The van der Waals surface area contributed by atoms with Gasteiger partial charge in [0.25, 0.3) is 14.2 Å². The van der Waals surface area contributed by atoms with E-state index >= 15 is 0 Å². The Morgan fingerprint density at radius 1 is 1.38 bits per heavy atom. The molecule has 1 aromatic heterocycles. The molecule has 7 heteroatoms. The SMILES string of the molecule is CCCc1nnc(S(=O)(=O)Cl)n1CC(C)C. The van der Waals surface area contributed by atoms with Crippen LogP contribution in [0, 0.1) is 5.92 Å². The lowest BCUT2D eigenvalue weighted by molar-refractivity contribution is 0.470.